The normalized spacial score (nSPS) is 24.0. The maximum absolute atomic E-state index is 13.2. The Balaban J connectivity index is 1.43. The summed E-state index contributed by atoms with van der Waals surface area (Å²) in [6.07, 6.45) is -2.54. The molecule has 0 aromatic carbocycles. The van der Waals surface area contributed by atoms with Crippen LogP contribution in [0.5, 0.6) is 5.75 Å². The quantitative estimate of drug-likeness (QED) is 0.353. The fraction of sp³-hybridized carbons (Fsp3) is 0.435. The van der Waals surface area contributed by atoms with Crippen LogP contribution >= 0.6 is 0 Å². The number of aromatic nitrogens is 3. The largest absolute Gasteiger partial charge is 0.493 e. The highest BCUT2D eigenvalue weighted by Crippen LogP contribution is 2.75. The summed E-state index contributed by atoms with van der Waals surface area (Å²) >= 11 is 0. The minimum Gasteiger partial charge on any atom is -0.493 e. The molecule has 33 heavy (non-hydrogen) atoms. The molecule has 0 spiro atoms. The van der Waals surface area contributed by atoms with Gasteiger partial charge in [0.15, 0.2) is 5.78 Å². The summed E-state index contributed by atoms with van der Waals surface area (Å²) in [5.74, 6) is -0.191. The predicted octanol–water partition coefficient (Wildman–Crippen LogP) is 5.26. The Labute approximate surface area is 185 Å². The van der Waals surface area contributed by atoms with Crippen LogP contribution in [0.15, 0.2) is 36.7 Å². The van der Waals surface area contributed by atoms with E-state index in [1.165, 1.54) is 6.07 Å². The Kier molecular flexibility index (Phi) is 4.77. The SMILES string of the molecule is CCOc1cc2nc(C34CC(C(F)F)(C3)C4)cn2cc1CC(=O)c1cccc(C(F)(F)F)n1. The van der Waals surface area contributed by atoms with Gasteiger partial charge in [-0.05, 0) is 38.3 Å². The van der Waals surface area contributed by atoms with E-state index in [9.17, 15) is 26.7 Å². The maximum atomic E-state index is 13.2. The van der Waals surface area contributed by atoms with E-state index in [0.717, 1.165) is 17.8 Å². The van der Waals surface area contributed by atoms with Gasteiger partial charge in [0.25, 0.3) is 0 Å². The highest BCUT2D eigenvalue weighted by Gasteiger charge is 2.73. The molecule has 0 unspecified atom stereocenters. The molecular formula is C23H20F5N3O2. The van der Waals surface area contributed by atoms with E-state index in [2.05, 4.69) is 9.97 Å². The molecule has 6 rings (SSSR count). The number of alkyl halides is 5. The van der Waals surface area contributed by atoms with Gasteiger partial charge in [-0.3, -0.25) is 4.79 Å². The Bertz CT molecular complexity index is 1230. The van der Waals surface area contributed by atoms with Gasteiger partial charge in [-0.15, -0.1) is 0 Å². The number of carbonyl (C=O) groups is 1. The summed E-state index contributed by atoms with van der Waals surface area (Å²) < 4.78 is 72.6. The van der Waals surface area contributed by atoms with Crippen LogP contribution in [-0.4, -0.2) is 33.2 Å². The first kappa shape index (κ1) is 21.8. The van der Waals surface area contributed by atoms with Crippen molar-refractivity contribution in [2.75, 3.05) is 6.61 Å². The van der Waals surface area contributed by atoms with E-state index in [0.29, 0.717) is 42.8 Å². The molecule has 5 nitrogen and oxygen atoms in total. The number of carbonyl (C=O) groups excluding carboxylic acids is 1. The van der Waals surface area contributed by atoms with Gasteiger partial charge in [0, 0.05) is 41.3 Å². The lowest BCUT2D eigenvalue weighted by Gasteiger charge is -2.69. The Hall–Kier alpha value is -3.04. The smallest absolute Gasteiger partial charge is 0.433 e. The number of hydrogen-bond donors (Lipinski definition) is 0. The van der Waals surface area contributed by atoms with Crippen molar-refractivity contribution in [3.63, 3.8) is 0 Å². The minimum absolute atomic E-state index is 0.216. The van der Waals surface area contributed by atoms with Crippen molar-refractivity contribution >= 4 is 11.4 Å². The summed E-state index contributed by atoms with van der Waals surface area (Å²) in [6.45, 7) is 2.08. The van der Waals surface area contributed by atoms with E-state index >= 15 is 0 Å². The van der Waals surface area contributed by atoms with Crippen LogP contribution in [0.4, 0.5) is 22.0 Å². The summed E-state index contributed by atoms with van der Waals surface area (Å²) in [4.78, 5) is 20.8. The number of hydrogen-bond acceptors (Lipinski definition) is 4. The molecular weight excluding hydrogens is 445 g/mol. The summed E-state index contributed by atoms with van der Waals surface area (Å²) in [5, 5.41) is 0. The number of Topliss-reactive ketones (excluding diaryl/α,β-unsaturated/α-hetero) is 1. The van der Waals surface area contributed by atoms with Crippen LogP contribution in [0.1, 0.15) is 53.6 Å². The molecule has 3 heterocycles. The highest BCUT2D eigenvalue weighted by molar-refractivity contribution is 5.96. The van der Waals surface area contributed by atoms with Gasteiger partial charge in [0.05, 0.1) is 12.3 Å². The van der Waals surface area contributed by atoms with E-state index < -0.39 is 29.5 Å². The lowest BCUT2D eigenvalue weighted by atomic mass is 9.34. The molecule has 0 amide bonds. The number of nitrogens with zero attached hydrogens (tertiary/aromatic N) is 3. The number of ketones is 1. The van der Waals surface area contributed by atoms with Crippen molar-refractivity contribution in [2.45, 2.75) is 50.6 Å². The van der Waals surface area contributed by atoms with Crippen molar-refractivity contribution in [3.8, 4) is 5.75 Å². The molecule has 3 fully saturated rings. The molecule has 0 atom stereocenters. The van der Waals surface area contributed by atoms with Gasteiger partial charge in [-0.25, -0.2) is 18.7 Å². The van der Waals surface area contributed by atoms with Crippen molar-refractivity contribution in [3.05, 3.63) is 59.3 Å². The van der Waals surface area contributed by atoms with Crippen LogP contribution < -0.4 is 4.74 Å². The third-order valence-electron chi connectivity index (χ3n) is 6.69. The second-order valence-electron chi connectivity index (χ2n) is 8.97. The lowest BCUT2D eigenvalue weighted by Crippen LogP contribution is -2.67. The minimum atomic E-state index is -4.65. The summed E-state index contributed by atoms with van der Waals surface area (Å²) in [7, 11) is 0. The van der Waals surface area contributed by atoms with Gasteiger partial charge in [0.1, 0.15) is 22.8 Å². The zero-order valence-corrected chi connectivity index (χ0v) is 17.6. The number of fused-ring (bicyclic) bond motifs is 1. The predicted molar refractivity (Wildman–Crippen MR) is 108 cm³/mol. The first-order chi connectivity index (χ1) is 15.6. The van der Waals surface area contributed by atoms with Gasteiger partial charge in [-0.2, -0.15) is 13.2 Å². The molecule has 0 aliphatic heterocycles. The fourth-order valence-corrected chi connectivity index (χ4v) is 5.12. The second kappa shape index (κ2) is 7.23. The molecule has 0 radical (unpaired) electrons. The van der Waals surface area contributed by atoms with E-state index in [1.807, 2.05) is 0 Å². The highest BCUT2D eigenvalue weighted by atomic mass is 19.4. The van der Waals surface area contributed by atoms with Gasteiger partial charge < -0.3 is 9.14 Å². The average Bonchev–Trinajstić information content (AvgIpc) is 3.07. The molecule has 10 heteroatoms. The topological polar surface area (TPSA) is 56.5 Å². The molecule has 3 aliphatic carbocycles. The van der Waals surface area contributed by atoms with Crippen LogP contribution in [0, 0.1) is 5.41 Å². The zero-order valence-electron chi connectivity index (χ0n) is 17.6. The van der Waals surface area contributed by atoms with E-state index in [-0.39, 0.29) is 17.5 Å². The van der Waals surface area contributed by atoms with E-state index in [1.54, 1.807) is 29.8 Å². The summed E-state index contributed by atoms with van der Waals surface area (Å²) in [6, 6.07) is 4.86. The van der Waals surface area contributed by atoms with Crippen molar-refractivity contribution < 1.29 is 31.5 Å². The van der Waals surface area contributed by atoms with E-state index in [4.69, 9.17) is 4.74 Å². The van der Waals surface area contributed by atoms with Crippen LogP contribution in [0.3, 0.4) is 0 Å². The molecule has 3 aromatic rings. The molecule has 3 aromatic heterocycles. The Morgan fingerprint density at radius 1 is 1.18 bits per heavy atom. The summed E-state index contributed by atoms with van der Waals surface area (Å²) in [5.41, 5.74) is -0.862. The number of rotatable bonds is 7. The third kappa shape index (κ3) is 3.46. The number of ether oxygens (including phenoxy) is 1. The molecule has 3 saturated carbocycles. The number of halogens is 5. The molecule has 174 valence electrons. The van der Waals surface area contributed by atoms with Gasteiger partial charge in [-0.1, -0.05) is 6.07 Å². The Morgan fingerprint density at radius 3 is 2.55 bits per heavy atom. The van der Waals surface area contributed by atoms with Gasteiger partial charge >= 0.3 is 6.18 Å². The molecule has 0 saturated heterocycles. The lowest BCUT2D eigenvalue weighted by molar-refractivity contribution is -0.223. The first-order valence-electron chi connectivity index (χ1n) is 10.6. The first-order valence-corrected chi connectivity index (χ1v) is 10.6. The van der Waals surface area contributed by atoms with Crippen LogP contribution in [-0.2, 0) is 18.0 Å². The average molecular weight is 465 g/mol. The molecule has 2 bridgehead atoms. The fourth-order valence-electron chi connectivity index (χ4n) is 5.12. The Morgan fingerprint density at radius 2 is 1.91 bits per heavy atom. The zero-order chi connectivity index (χ0) is 23.6. The third-order valence-corrected chi connectivity index (χ3v) is 6.69. The number of imidazole rings is 1. The van der Waals surface area contributed by atoms with Crippen molar-refractivity contribution in [2.24, 2.45) is 5.41 Å². The van der Waals surface area contributed by atoms with Crippen LogP contribution in [0.25, 0.3) is 5.65 Å². The maximum Gasteiger partial charge on any atom is 0.433 e. The van der Waals surface area contributed by atoms with Crippen molar-refractivity contribution in [1.29, 1.82) is 0 Å². The van der Waals surface area contributed by atoms with Crippen molar-refractivity contribution in [1.82, 2.24) is 14.4 Å². The monoisotopic (exact) mass is 465 g/mol. The standard InChI is InChI=1S/C23H20F5N3O2/c1-2-33-16-7-19-30-18(21-10-22(11-21,12-21)20(24)25)9-31(19)8-13(16)6-15(32)14-4-3-5-17(29-14)23(26,27)28/h3-5,7-9,20H,2,6,10-12H2,1H3. The van der Waals surface area contributed by atoms with Gasteiger partial charge in [0.2, 0.25) is 6.43 Å². The van der Waals surface area contributed by atoms with Crippen LogP contribution in [0.2, 0.25) is 0 Å². The molecule has 0 N–H and O–H groups in total. The second-order valence-corrected chi connectivity index (χ2v) is 8.97. The molecule has 3 aliphatic rings. The number of pyridine rings is 2.